The first-order chi connectivity index (χ1) is 10.2. The average molecular weight is 345 g/mol. The Bertz CT molecular complexity index is 658. The third-order valence-corrected chi connectivity index (χ3v) is 7.63. The van der Waals surface area contributed by atoms with Crippen LogP contribution in [0.3, 0.4) is 0 Å². The number of aryl methyl sites for hydroxylation is 2. The van der Waals surface area contributed by atoms with Crippen LogP contribution < -0.4 is 5.32 Å². The molecule has 2 heterocycles. The van der Waals surface area contributed by atoms with Crippen LogP contribution in [0.2, 0.25) is 0 Å². The zero-order valence-electron chi connectivity index (χ0n) is 13.8. The molecular formula is C14H24N4O2S2. The normalized spacial score (nSPS) is 21.0. The van der Waals surface area contributed by atoms with E-state index in [1.165, 1.54) is 4.88 Å². The minimum absolute atomic E-state index is 0.163. The molecule has 0 amide bonds. The smallest absolute Gasteiger partial charge is 0.194 e. The minimum Gasteiger partial charge on any atom is -0.350 e. The van der Waals surface area contributed by atoms with Gasteiger partial charge in [0.05, 0.1) is 22.7 Å². The van der Waals surface area contributed by atoms with Crippen molar-refractivity contribution >= 4 is 27.1 Å². The van der Waals surface area contributed by atoms with Gasteiger partial charge in [-0.25, -0.2) is 13.4 Å². The van der Waals surface area contributed by atoms with Crippen molar-refractivity contribution in [3.05, 3.63) is 15.6 Å². The molecule has 1 aliphatic rings. The number of hydrogen-bond donors (Lipinski definition) is 1. The van der Waals surface area contributed by atoms with Gasteiger partial charge >= 0.3 is 0 Å². The van der Waals surface area contributed by atoms with E-state index in [0.717, 1.165) is 16.7 Å². The molecule has 124 valence electrons. The molecule has 0 spiro atoms. The maximum absolute atomic E-state index is 12.1. The van der Waals surface area contributed by atoms with E-state index in [9.17, 15) is 8.42 Å². The van der Waals surface area contributed by atoms with Crippen LogP contribution >= 0.6 is 11.3 Å². The number of thiazole rings is 1. The molecule has 1 aromatic heterocycles. The molecular weight excluding hydrogens is 320 g/mol. The molecule has 0 radical (unpaired) electrons. The Morgan fingerprint density at radius 3 is 2.64 bits per heavy atom. The monoisotopic (exact) mass is 344 g/mol. The molecule has 1 aliphatic heterocycles. The summed E-state index contributed by atoms with van der Waals surface area (Å²) in [5.41, 5.74) is 1.06. The maximum Gasteiger partial charge on any atom is 0.194 e. The Morgan fingerprint density at radius 2 is 2.14 bits per heavy atom. The van der Waals surface area contributed by atoms with Crippen LogP contribution in [-0.2, 0) is 16.4 Å². The number of guanidine groups is 1. The molecule has 1 fully saturated rings. The standard InChI is InChI=1S/C14H24N4O2S2/c1-10-11(2)21-12(17-10)8-16-13(15-5)18-6-7-22(19,20)14(3,4)9-18/h6-9H2,1-5H3,(H,15,16). The van der Waals surface area contributed by atoms with Crippen LogP contribution in [0, 0.1) is 13.8 Å². The highest BCUT2D eigenvalue weighted by atomic mass is 32.2. The topological polar surface area (TPSA) is 74.7 Å². The Labute approximate surface area is 136 Å². The Kier molecular flexibility index (Phi) is 4.81. The van der Waals surface area contributed by atoms with E-state index in [2.05, 4.69) is 22.2 Å². The lowest BCUT2D eigenvalue weighted by atomic mass is 10.2. The van der Waals surface area contributed by atoms with E-state index < -0.39 is 14.6 Å². The predicted molar refractivity (Wildman–Crippen MR) is 91.2 cm³/mol. The second-order valence-corrected chi connectivity index (χ2v) is 10.2. The van der Waals surface area contributed by atoms with Gasteiger partial charge in [-0.3, -0.25) is 4.99 Å². The molecule has 1 saturated heterocycles. The van der Waals surface area contributed by atoms with Gasteiger partial charge in [-0.05, 0) is 27.7 Å². The molecule has 1 aromatic rings. The van der Waals surface area contributed by atoms with Crippen molar-refractivity contribution in [3.8, 4) is 0 Å². The highest BCUT2D eigenvalue weighted by molar-refractivity contribution is 7.92. The summed E-state index contributed by atoms with van der Waals surface area (Å²) < 4.78 is 23.4. The Hall–Kier alpha value is -1.15. The first-order valence-corrected chi connectivity index (χ1v) is 9.74. The molecule has 0 unspecified atom stereocenters. The molecule has 0 atom stereocenters. The highest BCUT2D eigenvalue weighted by Crippen LogP contribution is 2.24. The van der Waals surface area contributed by atoms with E-state index in [0.29, 0.717) is 19.6 Å². The third-order valence-electron chi connectivity index (χ3n) is 4.03. The van der Waals surface area contributed by atoms with Crippen LogP contribution in [0.15, 0.2) is 4.99 Å². The number of nitrogens with zero attached hydrogens (tertiary/aromatic N) is 3. The molecule has 8 heteroatoms. The molecule has 6 nitrogen and oxygen atoms in total. The molecule has 0 aromatic carbocycles. The quantitative estimate of drug-likeness (QED) is 0.647. The van der Waals surface area contributed by atoms with Crippen LogP contribution in [0.25, 0.3) is 0 Å². The van der Waals surface area contributed by atoms with Crippen molar-refractivity contribution in [2.75, 3.05) is 25.9 Å². The third kappa shape index (κ3) is 3.43. The first kappa shape index (κ1) is 17.2. The second kappa shape index (κ2) is 6.16. The number of sulfone groups is 1. The summed E-state index contributed by atoms with van der Waals surface area (Å²) in [6, 6.07) is 0. The maximum atomic E-state index is 12.1. The van der Waals surface area contributed by atoms with E-state index in [1.54, 1.807) is 32.2 Å². The van der Waals surface area contributed by atoms with Crippen LogP contribution in [0.5, 0.6) is 0 Å². The fourth-order valence-corrected chi connectivity index (χ4v) is 4.67. The number of hydrogen-bond acceptors (Lipinski definition) is 5. The van der Waals surface area contributed by atoms with Gasteiger partial charge in [-0.15, -0.1) is 11.3 Å². The number of rotatable bonds is 2. The van der Waals surface area contributed by atoms with Gasteiger partial charge in [-0.2, -0.15) is 0 Å². The van der Waals surface area contributed by atoms with Crippen LogP contribution in [-0.4, -0.2) is 54.9 Å². The van der Waals surface area contributed by atoms with Crippen molar-refractivity contribution in [2.45, 2.75) is 39.0 Å². The summed E-state index contributed by atoms with van der Waals surface area (Å²) in [6.45, 7) is 9.14. The van der Waals surface area contributed by atoms with Gasteiger partial charge in [0.15, 0.2) is 15.8 Å². The zero-order valence-corrected chi connectivity index (χ0v) is 15.4. The lowest BCUT2D eigenvalue weighted by Crippen LogP contribution is -2.57. The van der Waals surface area contributed by atoms with Crippen molar-refractivity contribution in [1.29, 1.82) is 0 Å². The van der Waals surface area contributed by atoms with Crippen molar-refractivity contribution in [1.82, 2.24) is 15.2 Å². The zero-order chi connectivity index (χ0) is 16.5. The Balaban J connectivity index is 2.04. The fourth-order valence-electron chi connectivity index (χ4n) is 2.43. The van der Waals surface area contributed by atoms with Crippen LogP contribution in [0.4, 0.5) is 0 Å². The van der Waals surface area contributed by atoms with Gasteiger partial charge in [-0.1, -0.05) is 0 Å². The summed E-state index contributed by atoms with van der Waals surface area (Å²) in [5, 5.41) is 4.30. The summed E-state index contributed by atoms with van der Waals surface area (Å²) in [6.07, 6.45) is 0. The average Bonchev–Trinajstić information content (AvgIpc) is 2.73. The van der Waals surface area contributed by atoms with E-state index in [-0.39, 0.29) is 5.75 Å². The SMILES string of the molecule is CN=C(NCc1nc(C)c(C)s1)N1CCS(=O)(=O)C(C)(C)C1. The lowest BCUT2D eigenvalue weighted by molar-refractivity contribution is 0.353. The van der Waals surface area contributed by atoms with Crippen molar-refractivity contribution < 1.29 is 8.42 Å². The van der Waals surface area contributed by atoms with E-state index in [1.807, 2.05) is 11.8 Å². The number of aromatic nitrogens is 1. The van der Waals surface area contributed by atoms with Crippen LogP contribution in [0.1, 0.15) is 29.4 Å². The molecule has 0 bridgehead atoms. The molecule has 0 saturated carbocycles. The van der Waals surface area contributed by atoms with Crippen molar-refractivity contribution in [3.63, 3.8) is 0 Å². The molecule has 22 heavy (non-hydrogen) atoms. The van der Waals surface area contributed by atoms with E-state index >= 15 is 0 Å². The fraction of sp³-hybridized carbons (Fsp3) is 0.714. The Morgan fingerprint density at radius 1 is 1.45 bits per heavy atom. The minimum atomic E-state index is -3.04. The highest BCUT2D eigenvalue weighted by Gasteiger charge is 2.40. The first-order valence-electron chi connectivity index (χ1n) is 7.27. The van der Waals surface area contributed by atoms with Crippen molar-refractivity contribution in [2.24, 2.45) is 4.99 Å². The number of aliphatic imine (C=N–C) groups is 1. The molecule has 0 aliphatic carbocycles. The van der Waals surface area contributed by atoms with Gasteiger partial charge < -0.3 is 10.2 Å². The summed E-state index contributed by atoms with van der Waals surface area (Å²) in [7, 11) is -1.32. The van der Waals surface area contributed by atoms with Gasteiger partial charge in [0.1, 0.15) is 5.01 Å². The second-order valence-electron chi connectivity index (χ2n) is 6.15. The summed E-state index contributed by atoms with van der Waals surface area (Å²) >= 11 is 1.67. The predicted octanol–water partition coefficient (Wildman–Crippen LogP) is 1.34. The molecule has 1 N–H and O–H groups in total. The number of nitrogens with one attached hydrogen (secondary N) is 1. The van der Waals surface area contributed by atoms with E-state index in [4.69, 9.17) is 0 Å². The largest absolute Gasteiger partial charge is 0.350 e. The van der Waals surface area contributed by atoms with Gasteiger partial charge in [0.25, 0.3) is 0 Å². The van der Waals surface area contributed by atoms with Gasteiger partial charge in [0, 0.05) is 25.0 Å². The van der Waals surface area contributed by atoms with Gasteiger partial charge in [0.2, 0.25) is 0 Å². The summed E-state index contributed by atoms with van der Waals surface area (Å²) in [5.74, 6) is 0.893. The molecule has 2 rings (SSSR count). The lowest BCUT2D eigenvalue weighted by Gasteiger charge is -2.39. The summed E-state index contributed by atoms with van der Waals surface area (Å²) in [4.78, 5) is 12.0.